The molecule has 1 spiro atoms. The van der Waals surface area contributed by atoms with Gasteiger partial charge in [-0.1, -0.05) is 225 Å². The first-order valence-corrected chi connectivity index (χ1v) is 29.4. The molecule has 0 aliphatic heterocycles. The number of hydrogen-bond donors (Lipinski definition) is 0. The number of hydrogen-bond acceptors (Lipinski definition) is 1. The number of nitrogens with zero attached hydrogens (tertiary/aromatic N) is 2. The van der Waals surface area contributed by atoms with Crippen molar-refractivity contribution in [2.45, 2.75) is 24.2 Å². The standard InChI is InChI=1S/C81H56N2/c1-4-20-54(21-5-1)79-67-29-10-12-31-69(67)80(70-32-13-11-30-68(70)79)55-38-45-62(46-39-55)83-77-48-41-56(53-36-43-61(44-37-53)82(59-22-6-2-7-23-59)60-24-8-3-9-25-60)50-71(77)72-51-57(42-49-78(72)83)58-40-47-66-65-28-16-19-35-75(65)81(76(66)52-58)73-33-17-14-26-63(73)64-27-15-18-34-74(64)81/h1-14,16-17,19-52,65,75H,15,18H2. The minimum Gasteiger partial charge on any atom is -0.311 e. The van der Waals surface area contributed by atoms with Crippen molar-refractivity contribution in [3.05, 3.63) is 331 Å². The smallest absolute Gasteiger partial charge is 0.0541 e. The van der Waals surface area contributed by atoms with E-state index in [1.54, 1.807) is 0 Å². The van der Waals surface area contributed by atoms with Gasteiger partial charge in [0.2, 0.25) is 0 Å². The van der Waals surface area contributed by atoms with E-state index in [2.05, 4.69) is 313 Å². The lowest BCUT2D eigenvalue weighted by atomic mass is 9.64. The van der Waals surface area contributed by atoms with Crippen LogP contribution < -0.4 is 4.90 Å². The Hall–Kier alpha value is -10.3. The van der Waals surface area contributed by atoms with Gasteiger partial charge < -0.3 is 9.47 Å². The summed E-state index contributed by atoms with van der Waals surface area (Å²) in [5.41, 5.74) is 25.1. The van der Waals surface area contributed by atoms with E-state index >= 15 is 0 Å². The normalized spacial score (nSPS) is 17.4. The van der Waals surface area contributed by atoms with E-state index in [1.807, 2.05) is 0 Å². The highest BCUT2D eigenvalue weighted by Crippen LogP contribution is 2.67. The molecule has 0 amide bonds. The number of benzene rings is 12. The molecule has 12 aromatic carbocycles. The number of rotatable bonds is 8. The minimum atomic E-state index is -0.251. The van der Waals surface area contributed by atoms with Crippen LogP contribution in [0.2, 0.25) is 0 Å². The molecule has 2 nitrogen and oxygen atoms in total. The van der Waals surface area contributed by atoms with Gasteiger partial charge in [-0.3, -0.25) is 0 Å². The van der Waals surface area contributed by atoms with Crippen molar-refractivity contribution in [3.63, 3.8) is 0 Å². The Labute approximate surface area is 484 Å². The number of aromatic nitrogens is 1. The summed E-state index contributed by atoms with van der Waals surface area (Å²) in [7, 11) is 0. The van der Waals surface area contributed by atoms with Crippen molar-refractivity contribution in [1.29, 1.82) is 0 Å². The first-order chi connectivity index (χ1) is 41.2. The number of allylic oxidation sites excluding steroid dienone is 8. The molecule has 3 atom stereocenters. The highest BCUT2D eigenvalue weighted by molar-refractivity contribution is 6.21. The molecule has 1 aromatic heterocycles. The molecule has 1 heterocycles. The van der Waals surface area contributed by atoms with E-state index in [9.17, 15) is 0 Å². The first-order valence-electron chi connectivity index (χ1n) is 29.4. The van der Waals surface area contributed by atoms with Gasteiger partial charge >= 0.3 is 0 Å². The zero-order valence-electron chi connectivity index (χ0n) is 45.8. The van der Waals surface area contributed by atoms with Gasteiger partial charge in [0.15, 0.2) is 0 Å². The third kappa shape index (κ3) is 7.22. The Morgan fingerprint density at radius 2 is 0.843 bits per heavy atom. The highest BCUT2D eigenvalue weighted by atomic mass is 15.1. The van der Waals surface area contributed by atoms with E-state index in [-0.39, 0.29) is 5.41 Å². The lowest BCUT2D eigenvalue weighted by Crippen LogP contribution is -2.33. The van der Waals surface area contributed by atoms with Crippen LogP contribution in [-0.4, -0.2) is 4.57 Å². The van der Waals surface area contributed by atoms with Gasteiger partial charge in [0.1, 0.15) is 0 Å². The van der Waals surface area contributed by atoms with Gasteiger partial charge in [-0.15, -0.1) is 0 Å². The van der Waals surface area contributed by atoms with E-state index in [1.165, 1.54) is 121 Å². The summed E-state index contributed by atoms with van der Waals surface area (Å²) in [4.78, 5) is 2.33. The van der Waals surface area contributed by atoms with E-state index in [0.29, 0.717) is 11.8 Å². The maximum atomic E-state index is 2.58. The average molecular weight is 1060 g/mol. The van der Waals surface area contributed by atoms with Crippen LogP contribution in [0.15, 0.2) is 309 Å². The molecular weight excluding hydrogens is 1000 g/mol. The molecule has 390 valence electrons. The topological polar surface area (TPSA) is 8.17 Å². The fourth-order valence-electron chi connectivity index (χ4n) is 15.2. The van der Waals surface area contributed by atoms with Crippen LogP contribution >= 0.6 is 0 Å². The Morgan fingerprint density at radius 3 is 1.48 bits per heavy atom. The van der Waals surface area contributed by atoms with Crippen molar-refractivity contribution < 1.29 is 0 Å². The molecule has 0 radical (unpaired) electrons. The fourth-order valence-corrected chi connectivity index (χ4v) is 15.2. The van der Waals surface area contributed by atoms with Crippen LogP contribution in [0.3, 0.4) is 0 Å². The lowest BCUT2D eigenvalue weighted by Gasteiger charge is -2.37. The molecule has 2 heteroatoms. The molecule has 0 saturated carbocycles. The Balaban J connectivity index is 0.829. The maximum Gasteiger partial charge on any atom is 0.0541 e. The second kappa shape index (κ2) is 18.9. The third-order valence-electron chi connectivity index (χ3n) is 18.7. The molecule has 0 bridgehead atoms. The summed E-state index contributed by atoms with van der Waals surface area (Å²) in [6.07, 6.45) is 16.8. The van der Waals surface area contributed by atoms with Gasteiger partial charge in [-0.2, -0.15) is 0 Å². The average Bonchev–Trinajstić information content (AvgIpc) is 1.62. The largest absolute Gasteiger partial charge is 0.311 e. The van der Waals surface area contributed by atoms with Crippen LogP contribution in [0.1, 0.15) is 41.0 Å². The van der Waals surface area contributed by atoms with Crippen molar-refractivity contribution in [2.24, 2.45) is 5.92 Å². The van der Waals surface area contributed by atoms with Crippen LogP contribution in [0.4, 0.5) is 17.1 Å². The highest BCUT2D eigenvalue weighted by Gasteiger charge is 2.58. The molecule has 83 heavy (non-hydrogen) atoms. The third-order valence-corrected chi connectivity index (χ3v) is 18.7. The molecule has 13 aromatic rings. The Kier molecular flexibility index (Phi) is 10.8. The zero-order chi connectivity index (χ0) is 54.6. The summed E-state index contributed by atoms with van der Waals surface area (Å²) >= 11 is 0. The number of anilines is 3. The van der Waals surface area contributed by atoms with E-state index < -0.39 is 0 Å². The lowest BCUT2D eigenvalue weighted by molar-refractivity contribution is 0.464. The summed E-state index contributed by atoms with van der Waals surface area (Å²) < 4.78 is 2.48. The molecule has 0 saturated heterocycles. The predicted molar refractivity (Wildman–Crippen MR) is 349 cm³/mol. The maximum absolute atomic E-state index is 2.58. The number of fused-ring (bicyclic) bond motifs is 15. The van der Waals surface area contributed by atoms with Gasteiger partial charge in [-0.05, 0) is 191 Å². The summed E-state index contributed by atoms with van der Waals surface area (Å²) in [5.74, 6) is 0.615. The van der Waals surface area contributed by atoms with Gasteiger partial charge in [0, 0.05) is 45.4 Å². The van der Waals surface area contributed by atoms with Crippen molar-refractivity contribution in [1.82, 2.24) is 4.57 Å². The molecule has 4 aliphatic rings. The van der Waals surface area contributed by atoms with Gasteiger partial charge in [-0.25, -0.2) is 0 Å². The Morgan fingerprint density at radius 1 is 0.361 bits per heavy atom. The molecule has 0 N–H and O–H groups in total. The molecule has 17 rings (SSSR count). The van der Waals surface area contributed by atoms with Crippen LogP contribution in [0.5, 0.6) is 0 Å². The van der Waals surface area contributed by atoms with Crippen LogP contribution in [0.25, 0.3) is 99.1 Å². The second-order valence-electron chi connectivity index (χ2n) is 22.9. The van der Waals surface area contributed by atoms with E-state index in [0.717, 1.165) is 35.6 Å². The first kappa shape index (κ1) is 47.5. The van der Waals surface area contributed by atoms with Crippen molar-refractivity contribution in [2.75, 3.05) is 4.90 Å². The van der Waals surface area contributed by atoms with Gasteiger partial charge in [0.05, 0.1) is 16.4 Å². The van der Waals surface area contributed by atoms with Gasteiger partial charge in [0.25, 0.3) is 0 Å². The van der Waals surface area contributed by atoms with Crippen molar-refractivity contribution in [3.8, 4) is 50.2 Å². The van der Waals surface area contributed by atoms with Crippen molar-refractivity contribution >= 4 is 66.0 Å². The summed E-state index contributed by atoms with van der Waals surface area (Å²) in [6, 6.07) is 99.5. The summed E-state index contributed by atoms with van der Waals surface area (Å²) in [5, 5.41) is 7.48. The summed E-state index contributed by atoms with van der Waals surface area (Å²) in [6.45, 7) is 0. The SMILES string of the molecule is C1=CC2c3ccc(-c4ccc5c(c4)c4cc(-c6ccc(N(c7ccccc7)c7ccccc7)cc6)ccc4n5-c4ccc(-c5c6ccccc6c(-c6ccccc6)c6ccccc56)cc4)cc3C3(C4=CCCC=C4c4ccccc43)C2C=C1. The monoisotopic (exact) mass is 1060 g/mol. The van der Waals surface area contributed by atoms with E-state index in [4.69, 9.17) is 0 Å². The molecule has 0 fully saturated rings. The zero-order valence-corrected chi connectivity index (χ0v) is 45.8. The van der Waals surface area contributed by atoms with Crippen LogP contribution in [0, 0.1) is 5.92 Å². The molecule has 3 unspecified atom stereocenters. The quantitative estimate of drug-likeness (QED) is 0.138. The predicted octanol–water partition coefficient (Wildman–Crippen LogP) is 21.5. The fraction of sp³-hybridized carbons (Fsp3) is 0.0617. The second-order valence-corrected chi connectivity index (χ2v) is 22.9. The number of para-hydroxylation sites is 2. The minimum absolute atomic E-state index is 0.251. The van der Waals surface area contributed by atoms with Crippen LogP contribution in [-0.2, 0) is 5.41 Å². The molecule has 4 aliphatic carbocycles. The Bertz CT molecular complexity index is 4790. The molecular formula is C81H56N2.